The van der Waals surface area contributed by atoms with E-state index in [1.807, 2.05) is 0 Å². The van der Waals surface area contributed by atoms with Crippen LogP contribution in [0.4, 0.5) is 0 Å². The predicted molar refractivity (Wildman–Crippen MR) is 41.3 cm³/mol. The molecule has 0 bridgehead atoms. The summed E-state index contributed by atoms with van der Waals surface area (Å²) in [5.74, 6) is 0.711. The monoisotopic (exact) mass is 154 g/mol. The third-order valence-electron chi connectivity index (χ3n) is 2.66. The molecule has 1 aliphatic carbocycles. The molecule has 0 aromatic carbocycles. The largest absolute Gasteiger partial charge is 0.372 e. The maximum Gasteiger partial charge on any atom is 0.138 e. The van der Waals surface area contributed by atoms with Crippen LogP contribution in [0.2, 0.25) is 0 Å². The Kier molecular flexibility index (Phi) is 1.95. The molecule has 2 nitrogen and oxygen atoms in total. The summed E-state index contributed by atoms with van der Waals surface area (Å²) in [5, 5.41) is 0. The fraction of sp³-hybridized carbons (Fsp3) is 0.889. The van der Waals surface area contributed by atoms with Gasteiger partial charge in [0.25, 0.3) is 0 Å². The number of hydrogen-bond donors (Lipinski definition) is 0. The number of carbonyl (C=O) groups excluding carboxylic acids is 1. The van der Waals surface area contributed by atoms with Crippen LogP contribution < -0.4 is 0 Å². The van der Waals surface area contributed by atoms with Gasteiger partial charge in [-0.15, -0.1) is 0 Å². The summed E-state index contributed by atoms with van der Waals surface area (Å²) in [4.78, 5) is 11.4. The molecule has 0 aromatic rings. The van der Waals surface area contributed by atoms with E-state index < -0.39 is 0 Å². The number of Topliss-reactive ketones (excluding diaryl/α,β-unsaturated/α-hetero) is 1. The van der Waals surface area contributed by atoms with Gasteiger partial charge in [-0.3, -0.25) is 4.79 Å². The first-order chi connectivity index (χ1) is 5.38. The van der Waals surface area contributed by atoms with Gasteiger partial charge in [0.15, 0.2) is 0 Å². The second-order valence-electron chi connectivity index (χ2n) is 3.54. The van der Waals surface area contributed by atoms with E-state index in [1.54, 1.807) is 0 Å². The van der Waals surface area contributed by atoms with Crippen molar-refractivity contribution in [1.29, 1.82) is 0 Å². The van der Waals surface area contributed by atoms with Crippen LogP contribution in [-0.4, -0.2) is 18.5 Å². The van der Waals surface area contributed by atoms with E-state index in [2.05, 4.69) is 0 Å². The molecule has 1 saturated heterocycles. The smallest absolute Gasteiger partial charge is 0.138 e. The van der Waals surface area contributed by atoms with Gasteiger partial charge in [0, 0.05) is 12.3 Å². The van der Waals surface area contributed by atoms with Gasteiger partial charge in [0.05, 0.1) is 12.7 Å². The van der Waals surface area contributed by atoms with Crippen LogP contribution in [0.25, 0.3) is 0 Å². The number of ether oxygens (including phenoxy) is 1. The highest BCUT2D eigenvalue weighted by atomic mass is 16.6. The normalized spacial score (nSPS) is 38.4. The average Bonchev–Trinajstić information content (AvgIpc) is 2.74. The van der Waals surface area contributed by atoms with Crippen LogP contribution in [0.3, 0.4) is 0 Å². The molecule has 11 heavy (non-hydrogen) atoms. The Labute approximate surface area is 66.9 Å². The SMILES string of the molecule is O=C1CCCCCC1C1CO1. The summed E-state index contributed by atoms with van der Waals surface area (Å²) in [7, 11) is 0. The summed E-state index contributed by atoms with van der Waals surface area (Å²) < 4.78 is 5.15. The lowest BCUT2D eigenvalue weighted by Crippen LogP contribution is -2.18. The summed E-state index contributed by atoms with van der Waals surface area (Å²) in [6.07, 6.45) is 5.72. The summed E-state index contributed by atoms with van der Waals surface area (Å²) in [6, 6.07) is 0. The van der Waals surface area contributed by atoms with Crippen molar-refractivity contribution in [3.05, 3.63) is 0 Å². The van der Waals surface area contributed by atoms with Crippen molar-refractivity contribution in [2.24, 2.45) is 5.92 Å². The van der Waals surface area contributed by atoms with Crippen molar-refractivity contribution in [3.8, 4) is 0 Å². The van der Waals surface area contributed by atoms with Crippen LogP contribution >= 0.6 is 0 Å². The fourth-order valence-corrected chi connectivity index (χ4v) is 1.87. The molecule has 0 radical (unpaired) electrons. The minimum Gasteiger partial charge on any atom is -0.372 e. The van der Waals surface area contributed by atoms with Crippen molar-refractivity contribution in [2.45, 2.75) is 38.2 Å². The first-order valence-corrected chi connectivity index (χ1v) is 4.52. The molecule has 0 aromatic heterocycles. The Morgan fingerprint density at radius 1 is 1.27 bits per heavy atom. The van der Waals surface area contributed by atoms with Crippen molar-refractivity contribution < 1.29 is 9.53 Å². The molecule has 1 aliphatic heterocycles. The highest BCUT2D eigenvalue weighted by Crippen LogP contribution is 2.30. The lowest BCUT2D eigenvalue weighted by atomic mass is 9.96. The summed E-state index contributed by atoms with van der Waals surface area (Å²) in [5.41, 5.74) is 0. The maximum atomic E-state index is 11.4. The molecule has 2 aliphatic rings. The van der Waals surface area contributed by atoms with Crippen molar-refractivity contribution in [2.75, 3.05) is 6.61 Å². The van der Waals surface area contributed by atoms with Gasteiger partial charge in [-0.1, -0.05) is 12.8 Å². The molecule has 0 N–H and O–H groups in total. The van der Waals surface area contributed by atoms with E-state index in [0.717, 1.165) is 25.9 Å². The minimum atomic E-state index is 0.262. The van der Waals surface area contributed by atoms with E-state index in [1.165, 1.54) is 12.8 Å². The molecule has 2 rings (SSSR count). The van der Waals surface area contributed by atoms with Gasteiger partial charge in [0.2, 0.25) is 0 Å². The zero-order valence-electron chi connectivity index (χ0n) is 6.71. The molecule has 2 unspecified atom stereocenters. The third kappa shape index (κ3) is 1.62. The molecule has 1 saturated carbocycles. The van der Waals surface area contributed by atoms with Crippen molar-refractivity contribution in [1.82, 2.24) is 0 Å². The molecular formula is C9H14O2. The van der Waals surface area contributed by atoms with Gasteiger partial charge >= 0.3 is 0 Å². The van der Waals surface area contributed by atoms with Crippen LogP contribution in [0.1, 0.15) is 32.1 Å². The molecule has 0 spiro atoms. The highest BCUT2D eigenvalue weighted by Gasteiger charge is 2.37. The van der Waals surface area contributed by atoms with Crippen molar-refractivity contribution >= 4 is 5.78 Å². The van der Waals surface area contributed by atoms with Crippen molar-refractivity contribution in [3.63, 3.8) is 0 Å². The minimum absolute atomic E-state index is 0.262. The predicted octanol–water partition coefficient (Wildman–Crippen LogP) is 1.53. The lowest BCUT2D eigenvalue weighted by Gasteiger charge is -2.07. The number of rotatable bonds is 1. The Hall–Kier alpha value is -0.370. The van der Waals surface area contributed by atoms with E-state index in [-0.39, 0.29) is 5.92 Å². The number of carbonyl (C=O) groups is 1. The fourth-order valence-electron chi connectivity index (χ4n) is 1.87. The molecule has 1 heterocycles. The average molecular weight is 154 g/mol. The van der Waals surface area contributed by atoms with Gasteiger partial charge in [-0.05, 0) is 12.8 Å². The number of hydrogen-bond acceptors (Lipinski definition) is 2. The van der Waals surface area contributed by atoms with Crippen LogP contribution in [0.15, 0.2) is 0 Å². The van der Waals surface area contributed by atoms with E-state index >= 15 is 0 Å². The molecule has 2 atom stereocenters. The maximum absolute atomic E-state index is 11.4. The Morgan fingerprint density at radius 2 is 2.09 bits per heavy atom. The van der Waals surface area contributed by atoms with E-state index in [0.29, 0.717) is 11.9 Å². The van der Waals surface area contributed by atoms with E-state index in [4.69, 9.17) is 4.74 Å². The first-order valence-electron chi connectivity index (χ1n) is 4.52. The molecule has 0 amide bonds. The standard InChI is InChI=1S/C9H14O2/c10-8-5-3-1-2-4-7(8)9-6-11-9/h7,9H,1-6H2. The van der Waals surface area contributed by atoms with Crippen LogP contribution in [-0.2, 0) is 9.53 Å². The third-order valence-corrected chi connectivity index (χ3v) is 2.66. The highest BCUT2D eigenvalue weighted by molar-refractivity contribution is 5.82. The van der Waals surface area contributed by atoms with Gasteiger partial charge in [-0.25, -0.2) is 0 Å². The van der Waals surface area contributed by atoms with Gasteiger partial charge in [-0.2, -0.15) is 0 Å². The molecule has 62 valence electrons. The zero-order valence-corrected chi connectivity index (χ0v) is 6.71. The molecule has 2 fully saturated rings. The van der Waals surface area contributed by atoms with Gasteiger partial charge in [0.1, 0.15) is 5.78 Å². The summed E-state index contributed by atoms with van der Waals surface area (Å²) >= 11 is 0. The molecular weight excluding hydrogens is 140 g/mol. The second-order valence-corrected chi connectivity index (χ2v) is 3.54. The Balaban J connectivity index is 1.97. The Morgan fingerprint density at radius 3 is 2.82 bits per heavy atom. The van der Waals surface area contributed by atoms with Crippen LogP contribution in [0.5, 0.6) is 0 Å². The van der Waals surface area contributed by atoms with Crippen LogP contribution in [0, 0.1) is 5.92 Å². The van der Waals surface area contributed by atoms with Gasteiger partial charge < -0.3 is 4.74 Å². The quantitative estimate of drug-likeness (QED) is 0.423. The number of epoxide rings is 1. The second kappa shape index (κ2) is 2.94. The number of ketones is 1. The van der Waals surface area contributed by atoms with E-state index in [9.17, 15) is 4.79 Å². The first kappa shape index (κ1) is 7.29. The topological polar surface area (TPSA) is 29.6 Å². The molecule has 2 heteroatoms. The lowest BCUT2D eigenvalue weighted by molar-refractivity contribution is -0.123. The zero-order chi connectivity index (χ0) is 7.68. The summed E-state index contributed by atoms with van der Waals surface area (Å²) in [6.45, 7) is 0.830. The Bertz CT molecular complexity index is 161.